The quantitative estimate of drug-likeness (QED) is 0.414. The van der Waals surface area contributed by atoms with Crippen LogP contribution in [0.3, 0.4) is 0 Å². The van der Waals surface area contributed by atoms with E-state index < -0.39 is 0 Å². The highest BCUT2D eigenvalue weighted by atomic mass is 15.0. The third-order valence-electron chi connectivity index (χ3n) is 3.41. The number of nitrogens with zero attached hydrogens (tertiary/aromatic N) is 1. The lowest BCUT2D eigenvalue weighted by atomic mass is 10.0. The fourth-order valence-corrected chi connectivity index (χ4v) is 2.63. The maximum atomic E-state index is 2.32. The molecule has 0 saturated heterocycles. The minimum Gasteiger partial charge on any atom is -0.320 e. The van der Waals surface area contributed by atoms with Crippen LogP contribution in [0.25, 0.3) is 16.5 Å². The van der Waals surface area contributed by atoms with Crippen LogP contribution in [0.4, 0.5) is 0 Å². The van der Waals surface area contributed by atoms with Crippen molar-refractivity contribution in [3.8, 4) is 5.69 Å². The largest absolute Gasteiger partial charge is 0.320 e. The second-order valence-corrected chi connectivity index (χ2v) is 4.37. The van der Waals surface area contributed by atoms with Crippen molar-refractivity contribution in [2.24, 2.45) is 0 Å². The first-order chi connectivity index (χ1) is 7.92. The Labute approximate surface area is 93.9 Å². The van der Waals surface area contributed by atoms with E-state index in [0.717, 1.165) is 6.42 Å². The van der Waals surface area contributed by atoms with Crippen LogP contribution in [0.5, 0.6) is 0 Å². The van der Waals surface area contributed by atoms with Gasteiger partial charge in [0.1, 0.15) is 0 Å². The van der Waals surface area contributed by atoms with Gasteiger partial charge in [-0.2, -0.15) is 0 Å². The first kappa shape index (κ1) is 8.17. The molecule has 2 aromatic carbocycles. The minimum atomic E-state index is 1.06. The molecule has 0 unspecified atom stereocenters. The van der Waals surface area contributed by atoms with Crippen molar-refractivity contribution in [2.75, 3.05) is 0 Å². The Morgan fingerprint density at radius 1 is 0.875 bits per heavy atom. The summed E-state index contributed by atoms with van der Waals surface area (Å²) in [5.74, 6) is 0. The Hall–Kier alpha value is -2.02. The number of hydrogen-bond acceptors (Lipinski definition) is 0. The highest BCUT2D eigenvalue weighted by Gasteiger charge is 2.17. The molecular formula is C15H11N. The second kappa shape index (κ2) is 2.76. The van der Waals surface area contributed by atoms with E-state index >= 15 is 0 Å². The van der Waals surface area contributed by atoms with E-state index in [-0.39, 0.29) is 0 Å². The monoisotopic (exact) mass is 205 g/mol. The molecule has 1 nitrogen and oxygen atoms in total. The summed E-state index contributed by atoms with van der Waals surface area (Å²) in [6.45, 7) is 0. The third kappa shape index (κ3) is 0.951. The molecule has 2 heterocycles. The first-order valence-electron chi connectivity index (χ1n) is 5.60. The summed E-state index contributed by atoms with van der Waals surface area (Å²) in [6, 6.07) is 17.5. The molecule has 4 rings (SSSR count). The topological polar surface area (TPSA) is 4.93 Å². The average molecular weight is 205 g/mol. The van der Waals surface area contributed by atoms with Crippen molar-refractivity contribution in [1.29, 1.82) is 0 Å². The number of fused-ring (bicyclic) bond motifs is 4. The lowest BCUT2D eigenvalue weighted by Crippen LogP contribution is -1.88. The first-order valence-corrected chi connectivity index (χ1v) is 5.60. The maximum absolute atomic E-state index is 2.32. The zero-order valence-electron chi connectivity index (χ0n) is 8.85. The van der Waals surface area contributed by atoms with Crippen LogP contribution >= 0.6 is 0 Å². The van der Waals surface area contributed by atoms with E-state index in [2.05, 4.69) is 59.3 Å². The fourth-order valence-electron chi connectivity index (χ4n) is 2.63. The molecule has 16 heavy (non-hydrogen) atoms. The molecular weight excluding hydrogens is 194 g/mol. The zero-order valence-corrected chi connectivity index (χ0v) is 8.85. The molecule has 0 bridgehead atoms. The Morgan fingerprint density at radius 3 is 2.56 bits per heavy atom. The Balaban J connectivity index is 2.10. The van der Waals surface area contributed by atoms with Gasteiger partial charge in [-0.15, -0.1) is 0 Å². The molecule has 76 valence electrons. The molecule has 3 aromatic rings. The van der Waals surface area contributed by atoms with Gasteiger partial charge in [0.15, 0.2) is 0 Å². The smallest absolute Gasteiger partial charge is 0.0494 e. The molecule has 0 aliphatic carbocycles. The summed E-state index contributed by atoms with van der Waals surface area (Å²) in [6.07, 6.45) is 3.21. The van der Waals surface area contributed by atoms with E-state index in [9.17, 15) is 0 Å². The van der Waals surface area contributed by atoms with Crippen molar-refractivity contribution < 1.29 is 0 Å². The summed E-state index contributed by atoms with van der Waals surface area (Å²) in [5, 5.41) is 2.66. The Bertz CT molecular complexity index is 691. The SMILES string of the molecule is c1ccc2cc3c(cc2c1)Cc1cccn1-3. The number of hydrogen-bond donors (Lipinski definition) is 0. The molecule has 0 saturated carbocycles. The van der Waals surface area contributed by atoms with Crippen LogP contribution in [0.15, 0.2) is 54.7 Å². The predicted octanol–water partition coefficient (Wildman–Crippen LogP) is 3.53. The van der Waals surface area contributed by atoms with Crippen LogP contribution < -0.4 is 0 Å². The van der Waals surface area contributed by atoms with Gasteiger partial charge in [-0.25, -0.2) is 0 Å². The lowest BCUT2D eigenvalue weighted by Gasteiger charge is -2.04. The van der Waals surface area contributed by atoms with Gasteiger partial charge >= 0.3 is 0 Å². The molecule has 0 amide bonds. The van der Waals surface area contributed by atoms with Crippen LogP contribution in [0.1, 0.15) is 11.3 Å². The van der Waals surface area contributed by atoms with Gasteiger partial charge < -0.3 is 4.57 Å². The van der Waals surface area contributed by atoms with E-state index in [0.29, 0.717) is 0 Å². The Morgan fingerprint density at radius 2 is 1.69 bits per heavy atom. The predicted molar refractivity (Wildman–Crippen MR) is 66.1 cm³/mol. The second-order valence-electron chi connectivity index (χ2n) is 4.37. The molecule has 0 spiro atoms. The minimum absolute atomic E-state index is 1.06. The summed E-state index contributed by atoms with van der Waals surface area (Å²) >= 11 is 0. The standard InChI is InChI=1S/C15H11N/c1-2-5-12-10-15-13(8-11(12)4-1)9-14-6-3-7-16(14)15/h1-8,10H,9H2. The summed E-state index contributed by atoms with van der Waals surface area (Å²) < 4.78 is 2.29. The normalized spacial score (nSPS) is 12.8. The summed E-state index contributed by atoms with van der Waals surface area (Å²) in [5.41, 5.74) is 4.18. The van der Waals surface area contributed by atoms with E-state index in [1.165, 1.54) is 27.7 Å². The van der Waals surface area contributed by atoms with Crippen LogP contribution in [-0.4, -0.2) is 4.57 Å². The molecule has 1 aliphatic rings. The van der Waals surface area contributed by atoms with Crippen LogP contribution in [0, 0.1) is 0 Å². The van der Waals surface area contributed by atoms with Crippen LogP contribution in [0.2, 0.25) is 0 Å². The fraction of sp³-hybridized carbons (Fsp3) is 0.0667. The van der Waals surface area contributed by atoms with Crippen molar-refractivity contribution in [2.45, 2.75) is 6.42 Å². The molecule has 0 atom stereocenters. The van der Waals surface area contributed by atoms with Gasteiger partial charge in [0.05, 0.1) is 0 Å². The average Bonchev–Trinajstić information content (AvgIpc) is 2.86. The number of benzene rings is 2. The Kier molecular flexibility index (Phi) is 1.41. The van der Waals surface area contributed by atoms with E-state index in [4.69, 9.17) is 0 Å². The van der Waals surface area contributed by atoms with Crippen LogP contribution in [-0.2, 0) is 6.42 Å². The van der Waals surface area contributed by atoms with Gasteiger partial charge in [0.2, 0.25) is 0 Å². The van der Waals surface area contributed by atoms with Crippen molar-refractivity contribution >= 4 is 10.8 Å². The molecule has 0 radical (unpaired) electrons. The zero-order chi connectivity index (χ0) is 10.5. The van der Waals surface area contributed by atoms with Crippen molar-refractivity contribution in [1.82, 2.24) is 4.57 Å². The molecule has 0 fully saturated rings. The van der Waals surface area contributed by atoms with Crippen molar-refractivity contribution in [3.05, 3.63) is 66.0 Å². The highest BCUT2D eigenvalue weighted by Crippen LogP contribution is 2.31. The van der Waals surface area contributed by atoms with E-state index in [1.54, 1.807) is 0 Å². The van der Waals surface area contributed by atoms with E-state index in [1.807, 2.05) is 0 Å². The van der Waals surface area contributed by atoms with Gasteiger partial charge in [0.25, 0.3) is 0 Å². The van der Waals surface area contributed by atoms with Gasteiger partial charge in [0, 0.05) is 24.0 Å². The number of rotatable bonds is 0. The van der Waals surface area contributed by atoms with Gasteiger partial charge in [-0.05, 0) is 40.6 Å². The summed E-state index contributed by atoms with van der Waals surface area (Å²) in [4.78, 5) is 0. The molecule has 1 aliphatic heterocycles. The van der Waals surface area contributed by atoms with Gasteiger partial charge in [-0.3, -0.25) is 0 Å². The highest BCUT2D eigenvalue weighted by molar-refractivity contribution is 5.86. The maximum Gasteiger partial charge on any atom is 0.0494 e. The molecule has 1 aromatic heterocycles. The molecule has 0 N–H and O–H groups in total. The summed E-state index contributed by atoms with van der Waals surface area (Å²) in [7, 11) is 0. The third-order valence-corrected chi connectivity index (χ3v) is 3.41. The number of aromatic nitrogens is 1. The van der Waals surface area contributed by atoms with Crippen molar-refractivity contribution in [3.63, 3.8) is 0 Å². The van der Waals surface area contributed by atoms with Gasteiger partial charge in [-0.1, -0.05) is 24.3 Å². The lowest BCUT2D eigenvalue weighted by molar-refractivity contribution is 1.05. The molecule has 1 heteroatoms.